The first-order chi connectivity index (χ1) is 16.7. The minimum Gasteiger partial charge on any atom is -0.468 e. The van der Waals surface area contributed by atoms with Crippen molar-refractivity contribution in [2.45, 2.75) is 31.6 Å². The Kier molecular flexibility index (Phi) is 8.02. The molecular formula is C30H36N2O2. The molecule has 1 atom stereocenters. The smallest absolute Gasteiger partial charge is 0.316 e. The van der Waals surface area contributed by atoms with Crippen molar-refractivity contribution >= 4 is 11.7 Å². The Bertz CT molecular complexity index is 1050. The number of benzene rings is 3. The van der Waals surface area contributed by atoms with E-state index >= 15 is 0 Å². The third-order valence-electron chi connectivity index (χ3n) is 7.27. The number of anilines is 1. The number of carbonyl (C=O) groups excluding carboxylic acids is 1. The molecule has 1 unspecified atom stereocenters. The van der Waals surface area contributed by atoms with Crippen molar-refractivity contribution < 1.29 is 9.53 Å². The van der Waals surface area contributed by atoms with Crippen molar-refractivity contribution in [2.24, 2.45) is 0 Å². The second kappa shape index (κ2) is 11.3. The summed E-state index contributed by atoms with van der Waals surface area (Å²) in [5.41, 5.74) is 4.32. The molecule has 0 amide bonds. The standard InChI is InChI=1S/C30H36N2O2/c1-3-30(29(33)34-2,27-15-8-5-9-16-27)18-11-19-31-20-22-32(23-21-31)28-17-10-14-26(24-28)25-12-6-4-7-13-25/h4-10,12-17,24H,3,11,18-23H2,1-2H3. The first-order valence-electron chi connectivity index (χ1n) is 12.4. The van der Waals surface area contributed by atoms with Crippen molar-refractivity contribution in [1.29, 1.82) is 0 Å². The summed E-state index contributed by atoms with van der Waals surface area (Å²) in [7, 11) is 1.50. The Morgan fingerprint density at radius 3 is 2.15 bits per heavy atom. The topological polar surface area (TPSA) is 32.8 Å². The van der Waals surface area contributed by atoms with Crippen LogP contribution in [-0.2, 0) is 14.9 Å². The molecule has 0 aliphatic carbocycles. The fraction of sp³-hybridized carbons (Fsp3) is 0.367. The zero-order valence-corrected chi connectivity index (χ0v) is 20.5. The van der Waals surface area contributed by atoms with E-state index in [0.29, 0.717) is 0 Å². The van der Waals surface area contributed by atoms with Crippen molar-refractivity contribution in [1.82, 2.24) is 4.90 Å². The zero-order chi connectivity index (χ0) is 23.8. The number of ether oxygens (including phenoxy) is 1. The summed E-state index contributed by atoms with van der Waals surface area (Å²) >= 11 is 0. The van der Waals surface area contributed by atoms with Gasteiger partial charge in [-0.1, -0.05) is 79.7 Å². The van der Waals surface area contributed by atoms with Gasteiger partial charge in [-0.2, -0.15) is 0 Å². The molecule has 178 valence electrons. The summed E-state index contributed by atoms with van der Waals surface area (Å²) in [6, 6.07) is 29.6. The Hall–Kier alpha value is -3.11. The number of piperazine rings is 1. The number of esters is 1. The molecule has 4 heteroatoms. The molecule has 1 fully saturated rings. The lowest BCUT2D eigenvalue weighted by Gasteiger charge is -2.37. The Labute approximate surface area is 204 Å². The van der Waals surface area contributed by atoms with Crippen LogP contribution in [-0.4, -0.2) is 50.7 Å². The lowest BCUT2D eigenvalue weighted by Crippen LogP contribution is -2.47. The maximum Gasteiger partial charge on any atom is 0.316 e. The van der Waals surface area contributed by atoms with E-state index in [1.165, 1.54) is 23.9 Å². The summed E-state index contributed by atoms with van der Waals surface area (Å²) in [6.45, 7) is 7.21. The number of hydrogen-bond acceptors (Lipinski definition) is 4. The minimum absolute atomic E-state index is 0.121. The van der Waals surface area contributed by atoms with Crippen molar-refractivity contribution in [3.8, 4) is 11.1 Å². The van der Waals surface area contributed by atoms with Crippen LogP contribution < -0.4 is 4.90 Å². The van der Waals surface area contributed by atoms with E-state index in [1.54, 1.807) is 0 Å². The number of hydrogen-bond donors (Lipinski definition) is 0. The number of nitrogens with zero attached hydrogens (tertiary/aromatic N) is 2. The molecule has 1 aliphatic heterocycles. The Balaban J connectivity index is 1.33. The molecule has 34 heavy (non-hydrogen) atoms. The molecule has 4 rings (SSSR count). The molecule has 0 spiro atoms. The molecule has 3 aromatic carbocycles. The number of carbonyl (C=O) groups is 1. The third kappa shape index (κ3) is 5.34. The van der Waals surface area contributed by atoms with E-state index in [-0.39, 0.29) is 5.97 Å². The van der Waals surface area contributed by atoms with Gasteiger partial charge in [0.05, 0.1) is 12.5 Å². The van der Waals surface area contributed by atoms with E-state index in [2.05, 4.69) is 83.5 Å². The summed E-state index contributed by atoms with van der Waals surface area (Å²) < 4.78 is 5.25. The largest absolute Gasteiger partial charge is 0.468 e. The van der Waals surface area contributed by atoms with Gasteiger partial charge in [-0.3, -0.25) is 9.69 Å². The van der Waals surface area contributed by atoms with Crippen LogP contribution in [0.2, 0.25) is 0 Å². The van der Waals surface area contributed by atoms with Crippen LogP contribution in [0.15, 0.2) is 84.9 Å². The summed E-state index contributed by atoms with van der Waals surface area (Å²) in [6.07, 6.45) is 2.52. The van der Waals surface area contributed by atoms with Gasteiger partial charge in [-0.05, 0) is 54.6 Å². The summed E-state index contributed by atoms with van der Waals surface area (Å²) in [5.74, 6) is -0.121. The average molecular weight is 457 g/mol. The molecule has 1 saturated heterocycles. The van der Waals surface area contributed by atoms with Gasteiger partial charge in [0.1, 0.15) is 0 Å². The maximum atomic E-state index is 12.8. The van der Waals surface area contributed by atoms with E-state index in [1.807, 2.05) is 18.2 Å². The minimum atomic E-state index is -0.560. The highest BCUT2D eigenvalue weighted by Gasteiger charge is 2.39. The lowest BCUT2D eigenvalue weighted by atomic mass is 9.74. The third-order valence-corrected chi connectivity index (χ3v) is 7.27. The molecular weight excluding hydrogens is 420 g/mol. The van der Waals surface area contributed by atoms with Crippen LogP contribution in [0.4, 0.5) is 5.69 Å². The first-order valence-corrected chi connectivity index (χ1v) is 12.4. The van der Waals surface area contributed by atoms with Gasteiger partial charge in [0, 0.05) is 31.9 Å². The Morgan fingerprint density at radius 2 is 1.50 bits per heavy atom. The predicted molar refractivity (Wildman–Crippen MR) is 140 cm³/mol. The van der Waals surface area contributed by atoms with Crippen molar-refractivity contribution in [3.63, 3.8) is 0 Å². The van der Waals surface area contributed by atoms with E-state index in [0.717, 1.165) is 57.5 Å². The summed E-state index contributed by atoms with van der Waals surface area (Å²) in [5, 5.41) is 0. The molecule has 3 aromatic rings. The van der Waals surface area contributed by atoms with Crippen LogP contribution in [0.5, 0.6) is 0 Å². The summed E-state index contributed by atoms with van der Waals surface area (Å²) in [4.78, 5) is 17.8. The predicted octanol–water partition coefficient (Wildman–Crippen LogP) is 5.78. The maximum absolute atomic E-state index is 12.8. The van der Waals surface area contributed by atoms with Crippen LogP contribution in [0.25, 0.3) is 11.1 Å². The fourth-order valence-corrected chi connectivity index (χ4v) is 5.19. The van der Waals surface area contributed by atoms with E-state index in [4.69, 9.17) is 4.74 Å². The SMILES string of the molecule is CCC(CCCN1CCN(c2cccc(-c3ccccc3)c2)CC1)(C(=O)OC)c1ccccc1. The van der Waals surface area contributed by atoms with Gasteiger partial charge in [0.2, 0.25) is 0 Å². The molecule has 4 nitrogen and oxygen atoms in total. The first kappa shape index (κ1) is 24.0. The highest BCUT2D eigenvalue weighted by atomic mass is 16.5. The second-order valence-corrected chi connectivity index (χ2v) is 9.14. The monoisotopic (exact) mass is 456 g/mol. The highest BCUT2D eigenvalue weighted by Crippen LogP contribution is 2.34. The molecule has 0 radical (unpaired) electrons. The quantitative estimate of drug-likeness (QED) is 0.382. The Morgan fingerprint density at radius 1 is 0.853 bits per heavy atom. The van der Waals surface area contributed by atoms with Gasteiger partial charge < -0.3 is 9.64 Å². The molecule has 0 aromatic heterocycles. The number of rotatable bonds is 9. The second-order valence-electron chi connectivity index (χ2n) is 9.14. The van der Waals surface area contributed by atoms with Crippen molar-refractivity contribution in [2.75, 3.05) is 44.7 Å². The zero-order valence-electron chi connectivity index (χ0n) is 20.5. The molecule has 0 bridgehead atoms. The van der Waals surface area contributed by atoms with Crippen LogP contribution in [0.3, 0.4) is 0 Å². The van der Waals surface area contributed by atoms with Crippen LogP contribution in [0.1, 0.15) is 31.7 Å². The highest BCUT2D eigenvalue weighted by molar-refractivity contribution is 5.83. The molecule has 0 saturated carbocycles. The van der Waals surface area contributed by atoms with E-state index in [9.17, 15) is 4.79 Å². The van der Waals surface area contributed by atoms with Gasteiger partial charge in [-0.15, -0.1) is 0 Å². The molecule has 1 heterocycles. The lowest BCUT2D eigenvalue weighted by molar-refractivity contribution is -0.148. The average Bonchev–Trinajstić information content (AvgIpc) is 2.92. The van der Waals surface area contributed by atoms with E-state index < -0.39 is 5.41 Å². The van der Waals surface area contributed by atoms with Gasteiger partial charge in [-0.25, -0.2) is 0 Å². The van der Waals surface area contributed by atoms with Gasteiger partial charge >= 0.3 is 5.97 Å². The normalized spacial score (nSPS) is 16.1. The molecule has 0 N–H and O–H groups in total. The van der Waals surface area contributed by atoms with Crippen LogP contribution in [0, 0.1) is 0 Å². The number of methoxy groups -OCH3 is 1. The molecule has 1 aliphatic rings. The van der Waals surface area contributed by atoms with Gasteiger partial charge in [0.15, 0.2) is 0 Å². The van der Waals surface area contributed by atoms with Crippen molar-refractivity contribution in [3.05, 3.63) is 90.5 Å². The fourth-order valence-electron chi connectivity index (χ4n) is 5.19. The van der Waals surface area contributed by atoms with Crippen LogP contribution >= 0.6 is 0 Å². The van der Waals surface area contributed by atoms with Gasteiger partial charge in [0.25, 0.3) is 0 Å².